The summed E-state index contributed by atoms with van der Waals surface area (Å²) in [6.45, 7) is 18.9. The van der Waals surface area contributed by atoms with E-state index in [2.05, 4.69) is 75.3 Å². The van der Waals surface area contributed by atoms with Gasteiger partial charge in [0.1, 0.15) is 5.75 Å². The molecule has 1 heterocycles. The molecule has 0 spiro atoms. The molecule has 1 amide bonds. The van der Waals surface area contributed by atoms with Crippen LogP contribution in [0, 0.1) is 0 Å². The highest BCUT2D eigenvalue weighted by atomic mass is 16.3. The van der Waals surface area contributed by atoms with E-state index in [9.17, 15) is 9.90 Å². The molecule has 1 aromatic carbocycles. The van der Waals surface area contributed by atoms with Crippen molar-refractivity contribution in [3.8, 4) is 5.75 Å². The zero-order chi connectivity index (χ0) is 22.9. The molecule has 162 valence electrons. The Kier molecular flexibility index (Phi) is 6.45. The van der Waals surface area contributed by atoms with Gasteiger partial charge in [0.15, 0.2) is 0 Å². The lowest BCUT2D eigenvalue weighted by Gasteiger charge is -2.25. The number of hydrogen-bond acceptors (Lipinski definition) is 4. The number of amides is 1. The van der Waals surface area contributed by atoms with Crippen molar-refractivity contribution in [1.29, 1.82) is 0 Å². The van der Waals surface area contributed by atoms with Gasteiger partial charge in [0.05, 0.1) is 17.5 Å². The minimum atomic E-state index is -0.473. The standard InChI is InChI=1S/C25H35N3O2/c1-23(2,3)17-12-16(13-18(14-17)24(4,5)6)15-27-28-22(30)19-10-11-26-21(20(19)29)25(7,8)9/h10-15,29H,1-9H3,(H,28,30). The number of aromatic nitrogens is 1. The fraction of sp³-hybridized carbons (Fsp3) is 0.480. The molecule has 0 fully saturated rings. The first-order valence-electron chi connectivity index (χ1n) is 10.3. The van der Waals surface area contributed by atoms with Crippen molar-refractivity contribution in [3.05, 3.63) is 58.4 Å². The van der Waals surface area contributed by atoms with Crippen molar-refractivity contribution in [2.24, 2.45) is 5.10 Å². The van der Waals surface area contributed by atoms with Crippen molar-refractivity contribution in [2.75, 3.05) is 0 Å². The maximum Gasteiger partial charge on any atom is 0.275 e. The zero-order valence-corrected chi connectivity index (χ0v) is 19.7. The quantitative estimate of drug-likeness (QED) is 0.523. The third-order valence-corrected chi connectivity index (χ3v) is 4.95. The summed E-state index contributed by atoms with van der Waals surface area (Å²) in [6, 6.07) is 7.91. The molecule has 1 aromatic heterocycles. The van der Waals surface area contributed by atoms with Crippen LogP contribution in [0.4, 0.5) is 0 Å². The Balaban J connectivity index is 2.30. The van der Waals surface area contributed by atoms with Crippen LogP contribution in [-0.4, -0.2) is 22.2 Å². The van der Waals surface area contributed by atoms with Gasteiger partial charge in [-0.15, -0.1) is 0 Å². The Bertz CT molecular complexity index is 924. The lowest BCUT2D eigenvalue weighted by Crippen LogP contribution is -2.21. The van der Waals surface area contributed by atoms with Gasteiger partial charge in [-0.3, -0.25) is 9.78 Å². The number of carbonyl (C=O) groups is 1. The number of pyridine rings is 1. The molecule has 0 bridgehead atoms. The fourth-order valence-electron chi connectivity index (χ4n) is 3.00. The van der Waals surface area contributed by atoms with Gasteiger partial charge in [0.25, 0.3) is 5.91 Å². The van der Waals surface area contributed by atoms with Crippen molar-refractivity contribution < 1.29 is 9.90 Å². The highest BCUT2D eigenvalue weighted by Crippen LogP contribution is 2.31. The number of rotatable bonds is 3. The molecule has 5 heteroatoms. The van der Waals surface area contributed by atoms with E-state index in [0.29, 0.717) is 5.69 Å². The molecule has 0 atom stereocenters. The summed E-state index contributed by atoms with van der Waals surface area (Å²) in [6.07, 6.45) is 3.17. The van der Waals surface area contributed by atoms with E-state index in [4.69, 9.17) is 0 Å². The maximum atomic E-state index is 12.6. The number of carbonyl (C=O) groups excluding carboxylic acids is 1. The van der Waals surface area contributed by atoms with Crippen LogP contribution in [0.15, 0.2) is 35.6 Å². The summed E-state index contributed by atoms with van der Waals surface area (Å²) in [7, 11) is 0. The molecular formula is C25H35N3O2. The highest BCUT2D eigenvalue weighted by Gasteiger charge is 2.24. The van der Waals surface area contributed by atoms with Crippen LogP contribution in [0.5, 0.6) is 5.75 Å². The summed E-state index contributed by atoms with van der Waals surface area (Å²) < 4.78 is 0. The molecule has 0 radical (unpaired) electrons. The van der Waals surface area contributed by atoms with E-state index in [-0.39, 0.29) is 27.6 Å². The van der Waals surface area contributed by atoms with Crippen LogP contribution in [0.25, 0.3) is 0 Å². The summed E-state index contributed by atoms with van der Waals surface area (Å²) in [4.78, 5) is 16.8. The molecule has 0 aliphatic carbocycles. The van der Waals surface area contributed by atoms with Crippen molar-refractivity contribution in [3.63, 3.8) is 0 Å². The molecule has 2 N–H and O–H groups in total. The number of aromatic hydroxyl groups is 1. The predicted molar refractivity (Wildman–Crippen MR) is 124 cm³/mol. The zero-order valence-electron chi connectivity index (χ0n) is 19.7. The third-order valence-electron chi connectivity index (χ3n) is 4.95. The molecular weight excluding hydrogens is 374 g/mol. The minimum Gasteiger partial charge on any atom is -0.505 e. The molecule has 30 heavy (non-hydrogen) atoms. The molecule has 0 unspecified atom stereocenters. The molecule has 5 nitrogen and oxygen atoms in total. The van der Waals surface area contributed by atoms with E-state index >= 15 is 0 Å². The first kappa shape index (κ1) is 23.6. The van der Waals surface area contributed by atoms with E-state index in [1.165, 1.54) is 23.4 Å². The lowest BCUT2D eigenvalue weighted by molar-refractivity contribution is 0.0952. The van der Waals surface area contributed by atoms with Crippen molar-refractivity contribution >= 4 is 12.1 Å². The normalized spacial score (nSPS) is 13.0. The SMILES string of the molecule is CC(C)(C)c1cc(C=NNC(=O)c2ccnc(C(C)(C)C)c2O)cc(C(C)(C)C)c1. The largest absolute Gasteiger partial charge is 0.505 e. The monoisotopic (exact) mass is 409 g/mol. The predicted octanol–water partition coefficient (Wildman–Crippen LogP) is 5.44. The van der Waals surface area contributed by atoms with Crippen LogP contribution in [0.1, 0.15) is 95.1 Å². The van der Waals surface area contributed by atoms with Gasteiger partial charge in [-0.1, -0.05) is 68.4 Å². The molecule has 0 saturated carbocycles. The van der Waals surface area contributed by atoms with Crippen LogP contribution < -0.4 is 5.43 Å². The van der Waals surface area contributed by atoms with Gasteiger partial charge in [-0.05, 0) is 45.7 Å². The average Bonchev–Trinajstić information content (AvgIpc) is 2.59. The van der Waals surface area contributed by atoms with Gasteiger partial charge >= 0.3 is 0 Å². The van der Waals surface area contributed by atoms with Crippen LogP contribution in [0.3, 0.4) is 0 Å². The number of hydrazone groups is 1. The van der Waals surface area contributed by atoms with E-state index < -0.39 is 5.91 Å². The van der Waals surface area contributed by atoms with Crippen LogP contribution >= 0.6 is 0 Å². The van der Waals surface area contributed by atoms with Crippen LogP contribution in [0.2, 0.25) is 0 Å². The van der Waals surface area contributed by atoms with Gasteiger partial charge < -0.3 is 5.11 Å². The Morgan fingerprint density at radius 1 is 0.933 bits per heavy atom. The number of hydrogen-bond donors (Lipinski definition) is 2. The van der Waals surface area contributed by atoms with Gasteiger partial charge in [-0.25, -0.2) is 5.43 Å². The first-order valence-corrected chi connectivity index (χ1v) is 10.3. The van der Waals surface area contributed by atoms with E-state index in [1.807, 2.05) is 20.8 Å². The van der Waals surface area contributed by atoms with E-state index in [1.54, 1.807) is 6.21 Å². The number of benzene rings is 1. The summed E-state index contributed by atoms with van der Waals surface area (Å²) in [5.74, 6) is -0.581. The Labute approximate surface area is 180 Å². The number of nitrogens with one attached hydrogen (secondary N) is 1. The Hall–Kier alpha value is -2.69. The van der Waals surface area contributed by atoms with Gasteiger partial charge in [-0.2, -0.15) is 5.10 Å². The van der Waals surface area contributed by atoms with Gasteiger partial charge in [0, 0.05) is 11.6 Å². The smallest absolute Gasteiger partial charge is 0.275 e. The third kappa shape index (κ3) is 5.68. The average molecular weight is 410 g/mol. The van der Waals surface area contributed by atoms with Crippen molar-refractivity contribution in [1.82, 2.24) is 10.4 Å². The molecule has 2 aromatic rings. The maximum absolute atomic E-state index is 12.6. The van der Waals surface area contributed by atoms with Gasteiger partial charge in [0.2, 0.25) is 0 Å². The van der Waals surface area contributed by atoms with Crippen molar-refractivity contribution in [2.45, 2.75) is 78.6 Å². The molecule has 0 aliphatic rings. The Morgan fingerprint density at radius 2 is 1.47 bits per heavy atom. The second-order valence-corrected chi connectivity index (χ2v) is 10.8. The first-order chi connectivity index (χ1) is 13.6. The molecule has 2 rings (SSSR count). The van der Waals surface area contributed by atoms with Crippen LogP contribution in [-0.2, 0) is 16.2 Å². The molecule has 0 saturated heterocycles. The number of nitrogens with zero attached hydrogens (tertiary/aromatic N) is 2. The summed E-state index contributed by atoms with van der Waals surface area (Å²) in [5, 5.41) is 14.6. The highest BCUT2D eigenvalue weighted by molar-refractivity contribution is 5.97. The molecule has 0 aliphatic heterocycles. The Morgan fingerprint density at radius 3 is 1.93 bits per heavy atom. The lowest BCUT2D eigenvalue weighted by atomic mass is 9.80. The summed E-state index contributed by atoms with van der Waals surface area (Å²) in [5.41, 5.74) is 6.13. The minimum absolute atomic E-state index is 0.000711. The van der Waals surface area contributed by atoms with E-state index in [0.717, 1.165) is 5.56 Å². The summed E-state index contributed by atoms with van der Waals surface area (Å²) >= 11 is 0. The fourth-order valence-corrected chi connectivity index (χ4v) is 3.00. The second kappa shape index (κ2) is 8.21. The second-order valence-electron chi connectivity index (χ2n) is 10.8. The topological polar surface area (TPSA) is 74.6 Å².